The second-order valence-corrected chi connectivity index (χ2v) is 7.54. The van der Waals surface area contributed by atoms with E-state index in [0.717, 1.165) is 11.6 Å². The number of aromatic carboxylic acids is 1. The smallest absolute Gasteiger partial charge is 0.339 e. The van der Waals surface area contributed by atoms with Crippen LogP contribution in [0.25, 0.3) is 0 Å². The molecular formula is C17H18O6SZn. The van der Waals surface area contributed by atoms with E-state index in [1.54, 1.807) is 31.2 Å². The zero-order valence-corrected chi connectivity index (χ0v) is 17.8. The Morgan fingerprint density at radius 1 is 1.16 bits per heavy atom. The molecule has 0 aromatic heterocycles. The number of phenols is 1. The molecule has 6 nitrogen and oxygen atoms in total. The summed E-state index contributed by atoms with van der Waals surface area (Å²) in [5.74, 6) is -1.73. The van der Waals surface area contributed by atoms with Gasteiger partial charge in [-0.2, -0.15) is 0 Å². The standard InChI is InChI=1S/C17H18O6S.Zn/c1-11-3-6-14(7-4-11)24(21,22)10-12(2)23-13-5-8-15(17(19)20)16(18)9-13;/h3-9,12,18H,10H2,1-2H3,(H,19,20);. The van der Waals surface area contributed by atoms with Gasteiger partial charge < -0.3 is 14.9 Å². The van der Waals surface area contributed by atoms with Gasteiger partial charge in [-0.1, -0.05) is 17.7 Å². The normalized spacial score (nSPS) is 12.1. The van der Waals surface area contributed by atoms with E-state index in [0.29, 0.717) is 0 Å². The monoisotopic (exact) mass is 414 g/mol. The van der Waals surface area contributed by atoms with Crippen molar-refractivity contribution in [2.45, 2.75) is 24.8 Å². The van der Waals surface area contributed by atoms with E-state index < -0.39 is 27.7 Å². The quantitative estimate of drug-likeness (QED) is 0.703. The number of hydrogen-bond donors (Lipinski definition) is 2. The van der Waals surface area contributed by atoms with Gasteiger partial charge in [-0.05, 0) is 38.1 Å². The van der Waals surface area contributed by atoms with E-state index in [1.165, 1.54) is 12.1 Å². The minimum atomic E-state index is -3.51. The fourth-order valence-corrected chi connectivity index (χ4v) is 3.61. The van der Waals surface area contributed by atoms with Gasteiger partial charge in [0.25, 0.3) is 0 Å². The number of benzene rings is 2. The Morgan fingerprint density at radius 2 is 1.76 bits per heavy atom. The third-order valence-corrected chi connectivity index (χ3v) is 5.27. The average Bonchev–Trinajstić information content (AvgIpc) is 2.46. The molecule has 25 heavy (non-hydrogen) atoms. The summed E-state index contributed by atoms with van der Waals surface area (Å²) in [6.07, 6.45) is -0.675. The third-order valence-electron chi connectivity index (χ3n) is 3.37. The number of aromatic hydroxyl groups is 1. The summed E-state index contributed by atoms with van der Waals surface area (Å²) in [6.45, 7) is 3.46. The molecule has 0 spiro atoms. The Morgan fingerprint density at radius 3 is 2.28 bits per heavy atom. The molecule has 0 aliphatic rings. The van der Waals surface area contributed by atoms with Crippen LogP contribution in [0.5, 0.6) is 11.5 Å². The Hall–Kier alpha value is -1.92. The van der Waals surface area contributed by atoms with Gasteiger partial charge >= 0.3 is 5.97 Å². The van der Waals surface area contributed by atoms with Crippen LogP contribution in [0.15, 0.2) is 47.4 Å². The molecule has 2 aromatic carbocycles. The molecule has 0 aliphatic carbocycles. The molecule has 0 amide bonds. The number of hydrogen-bond acceptors (Lipinski definition) is 5. The van der Waals surface area contributed by atoms with Gasteiger partial charge in [0, 0.05) is 25.5 Å². The van der Waals surface area contributed by atoms with Crippen molar-refractivity contribution in [3.8, 4) is 11.5 Å². The molecule has 8 heteroatoms. The summed E-state index contributed by atoms with van der Waals surface area (Å²) in [4.78, 5) is 11.1. The fraction of sp³-hybridized carbons (Fsp3) is 0.235. The molecule has 0 bridgehead atoms. The van der Waals surface area contributed by atoms with E-state index >= 15 is 0 Å². The summed E-state index contributed by atoms with van der Waals surface area (Å²) < 4.78 is 30.2. The Bertz CT molecular complexity index is 846. The summed E-state index contributed by atoms with van der Waals surface area (Å²) in [6, 6.07) is 10.3. The molecule has 2 aromatic rings. The number of aryl methyl sites for hydroxylation is 1. The van der Waals surface area contributed by atoms with Gasteiger partial charge in [0.2, 0.25) is 0 Å². The van der Waals surface area contributed by atoms with Crippen molar-refractivity contribution in [3.05, 3.63) is 53.6 Å². The number of ether oxygens (including phenoxy) is 1. The zero-order valence-electron chi connectivity index (χ0n) is 14.0. The molecule has 0 heterocycles. The van der Waals surface area contributed by atoms with E-state index in [-0.39, 0.29) is 41.4 Å². The van der Waals surface area contributed by atoms with Crippen molar-refractivity contribution in [2.75, 3.05) is 5.75 Å². The Labute approximate surface area is 159 Å². The molecule has 0 saturated carbocycles. The van der Waals surface area contributed by atoms with Gasteiger partial charge in [-0.3, -0.25) is 0 Å². The van der Waals surface area contributed by atoms with E-state index in [4.69, 9.17) is 9.84 Å². The van der Waals surface area contributed by atoms with Gasteiger partial charge in [-0.25, -0.2) is 13.2 Å². The number of rotatable bonds is 6. The van der Waals surface area contributed by atoms with Crippen LogP contribution in [0.1, 0.15) is 22.8 Å². The van der Waals surface area contributed by atoms with Crippen LogP contribution >= 0.6 is 0 Å². The fourth-order valence-electron chi connectivity index (χ4n) is 2.18. The van der Waals surface area contributed by atoms with Gasteiger partial charge in [-0.15, -0.1) is 0 Å². The topological polar surface area (TPSA) is 101 Å². The Balaban J connectivity index is 0.00000312. The maximum atomic E-state index is 12.3. The third kappa shape index (κ3) is 5.54. The van der Waals surface area contributed by atoms with Crippen LogP contribution in [0.2, 0.25) is 0 Å². The van der Waals surface area contributed by atoms with Gasteiger partial charge in [0.15, 0.2) is 9.84 Å². The van der Waals surface area contributed by atoms with Crippen LogP contribution < -0.4 is 4.74 Å². The Kier molecular flexibility index (Phi) is 7.14. The van der Waals surface area contributed by atoms with Crippen LogP contribution in [0.4, 0.5) is 0 Å². The maximum Gasteiger partial charge on any atom is 0.339 e. The molecule has 2 N–H and O–H groups in total. The van der Waals surface area contributed by atoms with Crippen molar-refractivity contribution in [1.82, 2.24) is 0 Å². The number of carbonyl (C=O) groups is 1. The van der Waals surface area contributed by atoms with Crippen LogP contribution in [0.3, 0.4) is 0 Å². The molecular weight excluding hydrogens is 398 g/mol. The molecule has 0 radical (unpaired) electrons. The zero-order chi connectivity index (χ0) is 17.9. The van der Waals surface area contributed by atoms with Crippen LogP contribution in [-0.2, 0) is 29.3 Å². The van der Waals surface area contributed by atoms with Crippen LogP contribution in [0, 0.1) is 6.92 Å². The van der Waals surface area contributed by atoms with E-state index in [1.807, 2.05) is 6.92 Å². The van der Waals surface area contributed by atoms with Crippen LogP contribution in [-0.4, -0.2) is 36.5 Å². The van der Waals surface area contributed by atoms with Crippen molar-refractivity contribution in [2.24, 2.45) is 0 Å². The predicted octanol–water partition coefficient (Wildman–Crippen LogP) is 2.64. The van der Waals surface area contributed by atoms with Crippen molar-refractivity contribution in [3.63, 3.8) is 0 Å². The first-order valence-electron chi connectivity index (χ1n) is 7.21. The SMILES string of the molecule is Cc1ccc(S(=O)(=O)CC(C)Oc2ccc(C(=O)O)c(O)c2)cc1.[Zn]. The summed E-state index contributed by atoms with van der Waals surface area (Å²) >= 11 is 0. The molecule has 130 valence electrons. The van der Waals surface area contributed by atoms with Gasteiger partial charge in [0.1, 0.15) is 23.2 Å². The van der Waals surface area contributed by atoms with E-state index in [2.05, 4.69) is 0 Å². The first kappa shape index (κ1) is 21.1. The summed E-state index contributed by atoms with van der Waals surface area (Å²) in [5, 5.41) is 18.5. The first-order valence-corrected chi connectivity index (χ1v) is 8.86. The predicted molar refractivity (Wildman–Crippen MR) is 88.4 cm³/mol. The van der Waals surface area contributed by atoms with Crippen molar-refractivity contribution in [1.29, 1.82) is 0 Å². The summed E-state index contributed by atoms with van der Waals surface area (Å²) in [7, 11) is -3.51. The number of carboxylic acids is 1. The molecule has 0 aliphatic heterocycles. The van der Waals surface area contributed by atoms with Crippen molar-refractivity contribution < 1.29 is 47.6 Å². The first-order chi connectivity index (χ1) is 11.2. The maximum absolute atomic E-state index is 12.3. The number of sulfone groups is 1. The minimum Gasteiger partial charge on any atom is -0.507 e. The molecule has 1 unspecified atom stereocenters. The molecule has 1 atom stereocenters. The average molecular weight is 416 g/mol. The van der Waals surface area contributed by atoms with E-state index in [9.17, 15) is 18.3 Å². The minimum absolute atomic E-state index is 0. The molecule has 0 saturated heterocycles. The number of carboxylic acid groups (broad SMARTS) is 1. The second kappa shape index (κ2) is 8.45. The second-order valence-electron chi connectivity index (χ2n) is 5.51. The molecule has 2 rings (SSSR count). The van der Waals surface area contributed by atoms with Gasteiger partial charge in [0.05, 0.1) is 10.6 Å². The summed E-state index contributed by atoms with van der Waals surface area (Å²) in [5.41, 5.74) is 0.717. The molecule has 0 fully saturated rings. The largest absolute Gasteiger partial charge is 0.507 e. The van der Waals surface area contributed by atoms with Crippen molar-refractivity contribution >= 4 is 15.8 Å².